The second-order valence-corrected chi connectivity index (χ2v) is 4.75. The molecule has 0 aliphatic heterocycles. The van der Waals surface area contributed by atoms with Crippen LogP contribution >= 0.6 is 11.6 Å². The van der Waals surface area contributed by atoms with E-state index in [1.54, 1.807) is 6.08 Å². The van der Waals surface area contributed by atoms with Crippen LogP contribution in [-0.2, 0) is 6.54 Å². The summed E-state index contributed by atoms with van der Waals surface area (Å²) in [4.78, 5) is 0. The standard InChI is InChI=1S/C14H16ClN3/c1-3-11-4-5-12(8-13(11)15)14-6-7-18(17-14)9-10(2)16/h3-8,10H,1,9,16H2,2H3/t10-/m0/s1. The van der Waals surface area contributed by atoms with Gasteiger partial charge in [-0.15, -0.1) is 0 Å². The van der Waals surface area contributed by atoms with E-state index in [-0.39, 0.29) is 6.04 Å². The minimum absolute atomic E-state index is 0.0875. The first kappa shape index (κ1) is 12.9. The monoisotopic (exact) mass is 261 g/mol. The number of nitrogens with zero attached hydrogens (tertiary/aromatic N) is 2. The Morgan fingerprint density at radius 1 is 1.50 bits per heavy atom. The molecule has 1 atom stereocenters. The highest BCUT2D eigenvalue weighted by Crippen LogP contribution is 2.25. The molecule has 0 radical (unpaired) electrons. The molecule has 0 saturated heterocycles. The van der Waals surface area contributed by atoms with Crippen molar-refractivity contribution in [2.75, 3.05) is 0 Å². The van der Waals surface area contributed by atoms with E-state index in [0.717, 1.165) is 16.8 Å². The molecule has 0 amide bonds. The molecule has 2 aromatic rings. The molecule has 3 nitrogen and oxygen atoms in total. The van der Waals surface area contributed by atoms with Crippen molar-refractivity contribution in [2.24, 2.45) is 5.73 Å². The quantitative estimate of drug-likeness (QED) is 0.919. The van der Waals surface area contributed by atoms with Crippen LogP contribution in [0, 0.1) is 0 Å². The molecule has 0 aliphatic carbocycles. The second kappa shape index (κ2) is 5.38. The summed E-state index contributed by atoms with van der Waals surface area (Å²) in [6.45, 7) is 6.38. The van der Waals surface area contributed by atoms with Crippen molar-refractivity contribution in [3.8, 4) is 11.3 Å². The van der Waals surface area contributed by atoms with Gasteiger partial charge in [0.05, 0.1) is 12.2 Å². The average Bonchev–Trinajstić information content (AvgIpc) is 2.76. The fraction of sp³-hybridized carbons (Fsp3) is 0.214. The van der Waals surface area contributed by atoms with Crippen LogP contribution in [0.2, 0.25) is 5.02 Å². The van der Waals surface area contributed by atoms with Gasteiger partial charge in [-0.25, -0.2) is 0 Å². The fourth-order valence-electron chi connectivity index (χ4n) is 1.76. The molecule has 1 aromatic heterocycles. The third-order valence-corrected chi connectivity index (χ3v) is 2.96. The highest BCUT2D eigenvalue weighted by molar-refractivity contribution is 6.32. The first-order valence-corrected chi connectivity index (χ1v) is 6.19. The number of benzene rings is 1. The first-order valence-electron chi connectivity index (χ1n) is 5.81. The van der Waals surface area contributed by atoms with Crippen LogP contribution < -0.4 is 5.73 Å². The summed E-state index contributed by atoms with van der Waals surface area (Å²) >= 11 is 6.14. The molecule has 0 unspecified atom stereocenters. The van der Waals surface area contributed by atoms with Crippen molar-refractivity contribution < 1.29 is 0 Å². The Morgan fingerprint density at radius 3 is 2.89 bits per heavy atom. The SMILES string of the molecule is C=Cc1ccc(-c2ccn(C[C@H](C)N)n2)cc1Cl. The second-order valence-electron chi connectivity index (χ2n) is 4.34. The topological polar surface area (TPSA) is 43.8 Å². The normalized spacial score (nSPS) is 12.4. The van der Waals surface area contributed by atoms with Gasteiger partial charge in [0.2, 0.25) is 0 Å². The van der Waals surface area contributed by atoms with Gasteiger partial charge < -0.3 is 5.73 Å². The van der Waals surface area contributed by atoms with Crippen LogP contribution in [0.1, 0.15) is 12.5 Å². The highest BCUT2D eigenvalue weighted by atomic mass is 35.5. The molecule has 18 heavy (non-hydrogen) atoms. The smallest absolute Gasteiger partial charge is 0.0923 e. The number of hydrogen-bond donors (Lipinski definition) is 1. The predicted molar refractivity (Wildman–Crippen MR) is 76.4 cm³/mol. The third kappa shape index (κ3) is 2.81. The van der Waals surface area contributed by atoms with Crippen LogP contribution in [0.25, 0.3) is 17.3 Å². The summed E-state index contributed by atoms with van der Waals surface area (Å²) in [5.74, 6) is 0. The fourth-order valence-corrected chi connectivity index (χ4v) is 2.02. The van der Waals surface area contributed by atoms with Gasteiger partial charge in [-0.3, -0.25) is 4.68 Å². The molecule has 0 saturated carbocycles. The minimum atomic E-state index is 0.0875. The third-order valence-electron chi connectivity index (χ3n) is 2.63. The van der Waals surface area contributed by atoms with E-state index in [1.807, 2.05) is 42.1 Å². The summed E-state index contributed by atoms with van der Waals surface area (Å²) in [5.41, 5.74) is 8.56. The van der Waals surface area contributed by atoms with E-state index in [9.17, 15) is 0 Å². The number of halogens is 1. The number of hydrogen-bond acceptors (Lipinski definition) is 2. The Balaban J connectivity index is 2.28. The molecule has 0 fully saturated rings. The van der Waals surface area contributed by atoms with Crippen molar-refractivity contribution in [1.29, 1.82) is 0 Å². The van der Waals surface area contributed by atoms with E-state index in [1.165, 1.54) is 0 Å². The summed E-state index contributed by atoms with van der Waals surface area (Å²) in [7, 11) is 0. The Hall–Kier alpha value is -1.58. The lowest BCUT2D eigenvalue weighted by atomic mass is 10.1. The number of nitrogens with two attached hydrogens (primary N) is 1. The van der Waals surface area contributed by atoms with Gasteiger partial charge >= 0.3 is 0 Å². The van der Waals surface area contributed by atoms with Gasteiger partial charge in [0.1, 0.15) is 0 Å². The zero-order chi connectivity index (χ0) is 13.1. The maximum Gasteiger partial charge on any atom is 0.0923 e. The maximum atomic E-state index is 6.14. The predicted octanol–water partition coefficient (Wildman–Crippen LogP) is 3.19. The van der Waals surface area contributed by atoms with Gasteiger partial charge in [0.25, 0.3) is 0 Å². The summed E-state index contributed by atoms with van der Waals surface area (Å²) in [5, 5.41) is 5.15. The highest BCUT2D eigenvalue weighted by Gasteiger charge is 2.06. The van der Waals surface area contributed by atoms with E-state index in [0.29, 0.717) is 11.6 Å². The number of rotatable bonds is 4. The van der Waals surface area contributed by atoms with Gasteiger partial charge in [0.15, 0.2) is 0 Å². The van der Waals surface area contributed by atoms with E-state index >= 15 is 0 Å². The average molecular weight is 262 g/mol. The van der Waals surface area contributed by atoms with Gasteiger partial charge in [-0.05, 0) is 24.6 Å². The molecule has 1 aromatic carbocycles. The molecule has 2 rings (SSSR count). The molecule has 0 bridgehead atoms. The molecule has 1 heterocycles. The lowest BCUT2D eigenvalue weighted by Gasteiger charge is -2.05. The Kier molecular flexibility index (Phi) is 3.84. The number of aromatic nitrogens is 2. The Labute approximate surface area is 112 Å². The minimum Gasteiger partial charge on any atom is -0.326 e. The van der Waals surface area contributed by atoms with Crippen molar-refractivity contribution in [2.45, 2.75) is 19.5 Å². The van der Waals surface area contributed by atoms with Crippen molar-refractivity contribution in [3.63, 3.8) is 0 Å². The summed E-state index contributed by atoms with van der Waals surface area (Å²) < 4.78 is 1.84. The van der Waals surface area contributed by atoms with Crippen LogP contribution in [0.3, 0.4) is 0 Å². The van der Waals surface area contributed by atoms with Gasteiger partial charge in [-0.2, -0.15) is 5.10 Å². The molecule has 94 valence electrons. The van der Waals surface area contributed by atoms with Crippen LogP contribution in [0.5, 0.6) is 0 Å². The first-order chi connectivity index (χ1) is 8.60. The molecule has 0 spiro atoms. The van der Waals surface area contributed by atoms with Crippen molar-refractivity contribution in [1.82, 2.24) is 9.78 Å². The molecular weight excluding hydrogens is 246 g/mol. The Morgan fingerprint density at radius 2 is 2.28 bits per heavy atom. The van der Waals surface area contributed by atoms with Gasteiger partial charge in [-0.1, -0.05) is 36.4 Å². The lowest BCUT2D eigenvalue weighted by molar-refractivity contribution is 0.540. The van der Waals surface area contributed by atoms with Crippen LogP contribution in [0.4, 0.5) is 0 Å². The van der Waals surface area contributed by atoms with Crippen LogP contribution in [0.15, 0.2) is 37.0 Å². The molecule has 4 heteroatoms. The zero-order valence-electron chi connectivity index (χ0n) is 10.3. The van der Waals surface area contributed by atoms with Gasteiger partial charge in [0, 0.05) is 22.8 Å². The van der Waals surface area contributed by atoms with Crippen molar-refractivity contribution >= 4 is 17.7 Å². The van der Waals surface area contributed by atoms with E-state index in [2.05, 4.69) is 11.7 Å². The van der Waals surface area contributed by atoms with Crippen LogP contribution in [-0.4, -0.2) is 15.8 Å². The molecular formula is C14H16ClN3. The summed E-state index contributed by atoms with van der Waals surface area (Å²) in [6, 6.07) is 7.87. The zero-order valence-corrected chi connectivity index (χ0v) is 11.1. The van der Waals surface area contributed by atoms with E-state index < -0.39 is 0 Å². The Bertz CT molecular complexity index is 558. The molecule has 0 aliphatic rings. The van der Waals surface area contributed by atoms with Crippen molar-refractivity contribution in [3.05, 3.63) is 47.6 Å². The molecule has 2 N–H and O–H groups in total. The maximum absolute atomic E-state index is 6.14. The van der Waals surface area contributed by atoms with E-state index in [4.69, 9.17) is 17.3 Å². The summed E-state index contributed by atoms with van der Waals surface area (Å²) in [6.07, 6.45) is 3.66. The lowest BCUT2D eigenvalue weighted by Crippen LogP contribution is -2.22. The largest absolute Gasteiger partial charge is 0.326 e.